The van der Waals surface area contributed by atoms with Crippen molar-refractivity contribution in [1.82, 2.24) is 5.32 Å². The molecule has 0 aromatic heterocycles. The quantitative estimate of drug-likeness (QED) is 0.866. The summed E-state index contributed by atoms with van der Waals surface area (Å²) in [5, 5.41) is 3.61. The number of hydrogen-bond acceptors (Lipinski definition) is 3. The van der Waals surface area contributed by atoms with Crippen molar-refractivity contribution in [3.8, 4) is 5.75 Å². The lowest BCUT2D eigenvalue weighted by atomic mass is 9.74. The van der Waals surface area contributed by atoms with Crippen LogP contribution in [-0.2, 0) is 10.2 Å². The van der Waals surface area contributed by atoms with Crippen LogP contribution in [0.15, 0.2) is 24.3 Å². The first-order valence-electron chi connectivity index (χ1n) is 7.71. The molecule has 0 aliphatic carbocycles. The Balaban J connectivity index is 2.16. The molecule has 1 aromatic carbocycles. The molecule has 0 unspecified atom stereocenters. The van der Waals surface area contributed by atoms with E-state index in [2.05, 4.69) is 43.4 Å². The fourth-order valence-electron chi connectivity index (χ4n) is 2.80. The van der Waals surface area contributed by atoms with Gasteiger partial charge in [-0.25, -0.2) is 0 Å². The molecule has 0 spiro atoms. The molecule has 1 N–H and O–H groups in total. The second-order valence-corrected chi connectivity index (χ2v) is 5.89. The monoisotopic (exact) mass is 277 g/mol. The molecule has 3 nitrogen and oxygen atoms in total. The van der Waals surface area contributed by atoms with E-state index in [1.165, 1.54) is 5.56 Å². The molecule has 0 radical (unpaired) electrons. The van der Waals surface area contributed by atoms with Crippen molar-refractivity contribution >= 4 is 0 Å². The number of benzene rings is 1. The summed E-state index contributed by atoms with van der Waals surface area (Å²) < 4.78 is 11.1. The lowest BCUT2D eigenvalue weighted by Crippen LogP contribution is -2.44. The Hall–Kier alpha value is -1.06. The third-order valence-corrected chi connectivity index (χ3v) is 4.08. The van der Waals surface area contributed by atoms with E-state index in [-0.39, 0.29) is 5.41 Å². The minimum absolute atomic E-state index is 0.202. The number of nitrogens with one attached hydrogen (secondary N) is 1. The van der Waals surface area contributed by atoms with Gasteiger partial charge in [-0.2, -0.15) is 0 Å². The van der Waals surface area contributed by atoms with Gasteiger partial charge in [-0.3, -0.25) is 0 Å². The van der Waals surface area contributed by atoms with Crippen LogP contribution in [0, 0.1) is 0 Å². The van der Waals surface area contributed by atoms with E-state index in [9.17, 15) is 0 Å². The molecule has 20 heavy (non-hydrogen) atoms. The van der Waals surface area contributed by atoms with Crippen LogP contribution in [0.1, 0.15) is 39.2 Å². The van der Waals surface area contributed by atoms with Crippen LogP contribution in [0.25, 0.3) is 0 Å². The summed E-state index contributed by atoms with van der Waals surface area (Å²) in [6.07, 6.45) is 2.17. The van der Waals surface area contributed by atoms with Crippen molar-refractivity contribution in [2.45, 2.75) is 45.1 Å². The van der Waals surface area contributed by atoms with Gasteiger partial charge in [0.15, 0.2) is 0 Å². The highest BCUT2D eigenvalue weighted by molar-refractivity contribution is 5.33. The van der Waals surface area contributed by atoms with Crippen molar-refractivity contribution in [3.63, 3.8) is 0 Å². The van der Waals surface area contributed by atoms with Crippen LogP contribution in [-0.4, -0.2) is 32.4 Å². The summed E-state index contributed by atoms with van der Waals surface area (Å²) in [5.74, 6) is 0.954. The van der Waals surface area contributed by atoms with Gasteiger partial charge in [0.2, 0.25) is 0 Å². The average molecular weight is 277 g/mol. The van der Waals surface area contributed by atoms with Gasteiger partial charge in [-0.05, 0) is 37.5 Å². The molecule has 3 heteroatoms. The second-order valence-electron chi connectivity index (χ2n) is 5.89. The maximum atomic E-state index is 5.56. The summed E-state index contributed by atoms with van der Waals surface area (Å²) >= 11 is 0. The summed E-state index contributed by atoms with van der Waals surface area (Å²) in [6, 6.07) is 9.13. The van der Waals surface area contributed by atoms with E-state index in [1.54, 1.807) is 0 Å². The molecule has 1 heterocycles. The third-order valence-electron chi connectivity index (χ3n) is 4.08. The van der Waals surface area contributed by atoms with Gasteiger partial charge < -0.3 is 14.8 Å². The zero-order chi connectivity index (χ0) is 14.4. The topological polar surface area (TPSA) is 30.5 Å². The van der Waals surface area contributed by atoms with Crippen molar-refractivity contribution < 1.29 is 9.47 Å². The van der Waals surface area contributed by atoms with Crippen molar-refractivity contribution in [3.05, 3.63) is 29.8 Å². The maximum Gasteiger partial charge on any atom is 0.119 e. The number of ether oxygens (including phenoxy) is 2. The molecule has 1 aliphatic heterocycles. The van der Waals surface area contributed by atoms with Gasteiger partial charge in [0, 0.05) is 31.2 Å². The standard InChI is InChI=1S/C17H27NO2/c1-4-20-16-7-5-15(6-8-16)17(13-18-14(2)3)9-11-19-12-10-17/h5-8,14,18H,4,9-13H2,1-3H3. The van der Waals surface area contributed by atoms with Crippen molar-refractivity contribution in [2.24, 2.45) is 0 Å². The molecule has 0 saturated carbocycles. The molecule has 1 saturated heterocycles. The predicted octanol–water partition coefficient (Wildman–Crippen LogP) is 3.13. The molecule has 1 aromatic rings. The highest BCUT2D eigenvalue weighted by Crippen LogP contribution is 2.35. The Morgan fingerprint density at radius 3 is 2.40 bits per heavy atom. The largest absolute Gasteiger partial charge is 0.494 e. The molecular formula is C17H27NO2. The first-order valence-corrected chi connectivity index (χ1v) is 7.71. The lowest BCUT2D eigenvalue weighted by Gasteiger charge is -2.38. The minimum atomic E-state index is 0.202. The molecule has 1 aliphatic rings. The summed E-state index contributed by atoms with van der Waals surface area (Å²) in [7, 11) is 0. The van der Waals surface area contributed by atoms with Gasteiger partial charge in [0.25, 0.3) is 0 Å². The van der Waals surface area contributed by atoms with E-state index in [0.29, 0.717) is 12.6 Å². The van der Waals surface area contributed by atoms with E-state index >= 15 is 0 Å². The van der Waals surface area contributed by atoms with Crippen LogP contribution in [0.4, 0.5) is 0 Å². The van der Waals surface area contributed by atoms with Crippen LogP contribution in [0.2, 0.25) is 0 Å². The molecular weight excluding hydrogens is 250 g/mol. The van der Waals surface area contributed by atoms with Crippen LogP contribution in [0.3, 0.4) is 0 Å². The van der Waals surface area contributed by atoms with E-state index < -0.39 is 0 Å². The van der Waals surface area contributed by atoms with Crippen LogP contribution >= 0.6 is 0 Å². The first-order chi connectivity index (χ1) is 9.66. The molecule has 2 rings (SSSR count). The zero-order valence-corrected chi connectivity index (χ0v) is 12.9. The Morgan fingerprint density at radius 1 is 1.20 bits per heavy atom. The van der Waals surface area contributed by atoms with E-state index in [0.717, 1.165) is 38.3 Å². The predicted molar refractivity (Wildman–Crippen MR) is 82.5 cm³/mol. The Morgan fingerprint density at radius 2 is 1.85 bits per heavy atom. The zero-order valence-electron chi connectivity index (χ0n) is 12.9. The molecule has 0 bridgehead atoms. The summed E-state index contributed by atoms with van der Waals surface area (Å²) in [5.41, 5.74) is 1.60. The fraction of sp³-hybridized carbons (Fsp3) is 0.647. The first kappa shape index (κ1) is 15.3. The van der Waals surface area contributed by atoms with Crippen molar-refractivity contribution in [2.75, 3.05) is 26.4 Å². The Labute approximate surface area is 122 Å². The van der Waals surface area contributed by atoms with Gasteiger partial charge >= 0.3 is 0 Å². The van der Waals surface area contributed by atoms with E-state index in [4.69, 9.17) is 9.47 Å². The van der Waals surface area contributed by atoms with Crippen LogP contribution < -0.4 is 10.1 Å². The second kappa shape index (κ2) is 7.09. The molecule has 1 fully saturated rings. The van der Waals surface area contributed by atoms with Gasteiger partial charge in [0.05, 0.1) is 6.61 Å². The van der Waals surface area contributed by atoms with Crippen molar-refractivity contribution in [1.29, 1.82) is 0 Å². The fourth-order valence-corrected chi connectivity index (χ4v) is 2.80. The van der Waals surface area contributed by atoms with Gasteiger partial charge in [-0.15, -0.1) is 0 Å². The molecule has 0 amide bonds. The van der Waals surface area contributed by atoms with Gasteiger partial charge in [0.1, 0.15) is 5.75 Å². The smallest absolute Gasteiger partial charge is 0.119 e. The summed E-state index contributed by atoms with van der Waals surface area (Å²) in [6.45, 7) is 9.85. The average Bonchev–Trinajstić information content (AvgIpc) is 2.47. The molecule has 0 atom stereocenters. The lowest BCUT2D eigenvalue weighted by molar-refractivity contribution is 0.0492. The Kier molecular flexibility index (Phi) is 5.44. The normalized spacial score (nSPS) is 18.2. The van der Waals surface area contributed by atoms with E-state index in [1.807, 2.05) is 6.92 Å². The Bertz CT molecular complexity index is 394. The third kappa shape index (κ3) is 3.74. The number of rotatable bonds is 6. The highest BCUT2D eigenvalue weighted by Gasteiger charge is 2.34. The SMILES string of the molecule is CCOc1ccc(C2(CNC(C)C)CCOCC2)cc1. The maximum absolute atomic E-state index is 5.56. The number of hydrogen-bond donors (Lipinski definition) is 1. The highest BCUT2D eigenvalue weighted by atomic mass is 16.5. The minimum Gasteiger partial charge on any atom is -0.494 e. The van der Waals surface area contributed by atoms with Gasteiger partial charge in [-0.1, -0.05) is 26.0 Å². The summed E-state index contributed by atoms with van der Waals surface area (Å²) in [4.78, 5) is 0. The van der Waals surface area contributed by atoms with Crippen LogP contribution in [0.5, 0.6) is 5.75 Å². The molecule has 112 valence electrons.